The van der Waals surface area contributed by atoms with Gasteiger partial charge in [0.25, 0.3) is 0 Å². The number of allylic oxidation sites excluding steroid dienone is 1. The molecule has 1 aromatic rings. The maximum atomic E-state index is 11.7. The molecule has 1 amide bonds. The van der Waals surface area contributed by atoms with Crippen LogP contribution in [-0.2, 0) is 37.5 Å². The standard InChI is InChI=1S/C15H18NO2.Y/c1-4-18-12-8-9-13(11(2)10-12)14-6-5-7-15(17)16(14)3;/h8-10H,4-5,7H2,1-3H3;/q-1;. The maximum Gasteiger partial charge on any atom is 0.222 e. The van der Waals surface area contributed by atoms with Gasteiger partial charge in [-0.25, -0.2) is 6.08 Å². The van der Waals surface area contributed by atoms with Gasteiger partial charge in [0.1, 0.15) is 5.75 Å². The molecule has 1 aliphatic heterocycles. The fourth-order valence-corrected chi connectivity index (χ4v) is 2.13. The zero-order chi connectivity index (χ0) is 13.1. The summed E-state index contributed by atoms with van der Waals surface area (Å²) < 4.78 is 5.47. The fraction of sp³-hybridized carbons (Fsp3) is 0.400. The molecule has 0 aliphatic carbocycles. The average Bonchev–Trinajstić information content (AvgIpc) is 2.34. The van der Waals surface area contributed by atoms with Crippen LogP contribution in [0.25, 0.3) is 5.70 Å². The van der Waals surface area contributed by atoms with E-state index in [2.05, 4.69) is 6.08 Å². The number of hydrogen-bond donors (Lipinski definition) is 0. The molecular formula is C15H18NO2Y-. The molecule has 99 valence electrons. The van der Waals surface area contributed by atoms with E-state index in [4.69, 9.17) is 4.74 Å². The molecule has 0 saturated heterocycles. The summed E-state index contributed by atoms with van der Waals surface area (Å²) in [5.41, 5.74) is 3.03. The normalized spacial score (nSPS) is 14.8. The van der Waals surface area contributed by atoms with E-state index in [1.165, 1.54) is 0 Å². The Morgan fingerprint density at radius 1 is 1.42 bits per heavy atom. The second-order valence-electron chi connectivity index (χ2n) is 4.39. The zero-order valence-corrected chi connectivity index (χ0v) is 14.5. The van der Waals surface area contributed by atoms with Crippen molar-refractivity contribution in [3.8, 4) is 5.75 Å². The minimum Gasteiger partial charge on any atom is -0.494 e. The van der Waals surface area contributed by atoms with Gasteiger partial charge in [0, 0.05) is 46.2 Å². The van der Waals surface area contributed by atoms with Crippen molar-refractivity contribution in [2.75, 3.05) is 13.7 Å². The topological polar surface area (TPSA) is 29.5 Å². The SMILES string of the molecule is CCOc1ccc(C2=[C-]CCC(=O)N2C)c(C)c1.[Y]. The first-order chi connectivity index (χ1) is 8.63. The van der Waals surface area contributed by atoms with Gasteiger partial charge in [0.15, 0.2) is 0 Å². The van der Waals surface area contributed by atoms with E-state index >= 15 is 0 Å². The van der Waals surface area contributed by atoms with Crippen molar-refractivity contribution in [1.82, 2.24) is 4.90 Å². The van der Waals surface area contributed by atoms with Gasteiger partial charge in [-0.15, -0.1) is 29.3 Å². The molecule has 1 heterocycles. The number of aryl methyl sites for hydroxylation is 1. The van der Waals surface area contributed by atoms with Crippen LogP contribution in [0.1, 0.15) is 30.9 Å². The van der Waals surface area contributed by atoms with E-state index in [0.717, 1.165) is 22.6 Å². The van der Waals surface area contributed by atoms with E-state index in [1.54, 1.807) is 11.9 Å². The van der Waals surface area contributed by atoms with Crippen LogP contribution in [0, 0.1) is 13.0 Å². The predicted molar refractivity (Wildman–Crippen MR) is 71.0 cm³/mol. The predicted octanol–water partition coefficient (Wildman–Crippen LogP) is 2.79. The number of rotatable bonds is 3. The summed E-state index contributed by atoms with van der Waals surface area (Å²) in [4.78, 5) is 13.4. The van der Waals surface area contributed by atoms with E-state index < -0.39 is 0 Å². The van der Waals surface area contributed by atoms with Crippen molar-refractivity contribution in [3.05, 3.63) is 35.4 Å². The Bertz CT molecular complexity index is 497. The zero-order valence-electron chi connectivity index (χ0n) is 11.7. The average molecular weight is 333 g/mol. The Kier molecular flexibility index (Phi) is 6.22. The first-order valence-corrected chi connectivity index (χ1v) is 6.24. The van der Waals surface area contributed by atoms with Crippen LogP contribution in [0.15, 0.2) is 18.2 Å². The van der Waals surface area contributed by atoms with Gasteiger partial charge in [0.2, 0.25) is 5.91 Å². The summed E-state index contributed by atoms with van der Waals surface area (Å²) in [5.74, 6) is 1.01. The van der Waals surface area contributed by atoms with Crippen LogP contribution in [0.3, 0.4) is 0 Å². The quantitative estimate of drug-likeness (QED) is 0.796. The summed E-state index contributed by atoms with van der Waals surface area (Å²) in [6, 6.07) is 5.94. The molecule has 1 aromatic carbocycles. The number of carbonyl (C=O) groups is 1. The second-order valence-corrected chi connectivity index (χ2v) is 4.39. The monoisotopic (exact) mass is 333 g/mol. The van der Waals surface area contributed by atoms with Crippen molar-refractivity contribution >= 4 is 11.6 Å². The number of nitrogens with zero attached hydrogens (tertiary/aromatic N) is 1. The number of carbonyl (C=O) groups excluding carboxylic acids is 1. The first kappa shape index (κ1) is 16.4. The van der Waals surface area contributed by atoms with Crippen LogP contribution in [-0.4, -0.2) is 24.5 Å². The molecule has 0 saturated carbocycles. The van der Waals surface area contributed by atoms with Crippen LogP contribution in [0.2, 0.25) is 0 Å². The number of amides is 1. The smallest absolute Gasteiger partial charge is 0.222 e. The Hall–Kier alpha value is -0.666. The molecule has 0 N–H and O–H groups in total. The Morgan fingerprint density at radius 2 is 2.16 bits per heavy atom. The van der Waals surface area contributed by atoms with Crippen LogP contribution >= 0.6 is 0 Å². The summed E-state index contributed by atoms with van der Waals surface area (Å²) >= 11 is 0. The summed E-state index contributed by atoms with van der Waals surface area (Å²) in [7, 11) is 1.81. The van der Waals surface area contributed by atoms with Crippen molar-refractivity contribution in [1.29, 1.82) is 0 Å². The molecule has 0 atom stereocenters. The first-order valence-electron chi connectivity index (χ1n) is 6.24. The van der Waals surface area contributed by atoms with E-state index in [1.807, 2.05) is 32.0 Å². The van der Waals surface area contributed by atoms with Gasteiger partial charge in [-0.2, -0.15) is 0 Å². The van der Waals surface area contributed by atoms with Crippen molar-refractivity contribution in [2.24, 2.45) is 0 Å². The molecule has 4 heteroatoms. The van der Waals surface area contributed by atoms with E-state index in [9.17, 15) is 4.79 Å². The minimum absolute atomic E-state index is 0. The van der Waals surface area contributed by atoms with E-state index in [0.29, 0.717) is 19.4 Å². The largest absolute Gasteiger partial charge is 0.494 e. The van der Waals surface area contributed by atoms with Crippen molar-refractivity contribution in [2.45, 2.75) is 26.7 Å². The van der Waals surface area contributed by atoms with Gasteiger partial charge < -0.3 is 9.64 Å². The summed E-state index contributed by atoms with van der Waals surface area (Å²) in [5, 5.41) is 0. The summed E-state index contributed by atoms with van der Waals surface area (Å²) in [6.07, 6.45) is 4.54. The van der Waals surface area contributed by atoms with Crippen molar-refractivity contribution < 1.29 is 42.2 Å². The third-order valence-corrected chi connectivity index (χ3v) is 3.10. The molecule has 19 heavy (non-hydrogen) atoms. The minimum atomic E-state index is 0. The van der Waals surface area contributed by atoms with Gasteiger partial charge in [0.05, 0.1) is 6.61 Å². The number of hydrogen-bond acceptors (Lipinski definition) is 2. The van der Waals surface area contributed by atoms with E-state index in [-0.39, 0.29) is 38.6 Å². The number of ether oxygens (including phenoxy) is 1. The molecule has 1 aliphatic rings. The van der Waals surface area contributed by atoms with Gasteiger partial charge in [-0.05, 0) is 19.1 Å². The fourth-order valence-electron chi connectivity index (χ4n) is 2.13. The number of benzene rings is 1. The third kappa shape index (κ3) is 3.67. The molecule has 1 radical (unpaired) electrons. The maximum absolute atomic E-state index is 11.7. The van der Waals surface area contributed by atoms with Crippen LogP contribution < -0.4 is 4.74 Å². The molecule has 0 fully saturated rings. The van der Waals surface area contributed by atoms with Gasteiger partial charge in [-0.3, -0.25) is 4.79 Å². The molecule has 0 unspecified atom stereocenters. The Balaban J connectivity index is 0.00000180. The second kappa shape index (κ2) is 7.21. The Morgan fingerprint density at radius 3 is 2.79 bits per heavy atom. The molecule has 3 nitrogen and oxygen atoms in total. The van der Waals surface area contributed by atoms with Gasteiger partial charge >= 0.3 is 0 Å². The molecule has 0 aromatic heterocycles. The van der Waals surface area contributed by atoms with Crippen LogP contribution in [0.4, 0.5) is 0 Å². The molecule has 0 spiro atoms. The Labute approximate surface area is 139 Å². The third-order valence-electron chi connectivity index (χ3n) is 3.10. The molecule has 2 rings (SSSR count). The van der Waals surface area contributed by atoms with Crippen molar-refractivity contribution in [3.63, 3.8) is 0 Å². The summed E-state index contributed by atoms with van der Waals surface area (Å²) in [6.45, 7) is 4.65. The van der Waals surface area contributed by atoms with Crippen LogP contribution in [0.5, 0.6) is 5.75 Å². The molecule has 0 bridgehead atoms. The van der Waals surface area contributed by atoms with Gasteiger partial charge in [-0.1, -0.05) is 6.92 Å². The molecular weight excluding hydrogens is 315 g/mol.